The summed E-state index contributed by atoms with van der Waals surface area (Å²) in [4.78, 5) is 3.27. The predicted molar refractivity (Wildman–Crippen MR) is 60.4 cm³/mol. The molecular weight excluding hydrogens is 287 g/mol. The zero-order chi connectivity index (χ0) is 14.2. The number of halogens is 5. The number of benzene rings is 1. The Morgan fingerprint density at radius 1 is 1.16 bits per heavy atom. The second-order valence-corrected chi connectivity index (χ2v) is 4.71. The molecule has 0 unspecified atom stereocenters. The first-order valence-electron chi connectivity index (χ1n) is 5.05. The van der Waals surface area contributed by atoms with Crippen molar-refractivity contribution in [2.75, 3.05) is 0 Å². The largest absolute Gasteiger partial charge is 0.434 e. The van der Waals surface area contributed by atoms with Crippen molar-refractivity contribution in [2.24, 2.45) is 5.73 Å². The molecule has 0 amide bonds. The summed E-state index contributed by atoms with van der Waals surface area (Å²) >= 11 is 0.709. The molecule has 0 aliphatic rings. The Morgan fingerprint density at radius 2 is 1.84 bits per heavy atom. The van der Waals surface area contributed by atoms with Gasteiger partial charge in [0.05, 0.1) is 4.88 Å². The standard InChI is InChI=1S/C11H7F5N2S/c12-6-2-1-5(3-7(6)13)10-18-9(11(14,15)16)8(4-17)19-10/h1-3H,4,17H2. The Hall–Kier alpha value is -1.54. The van der Waals surface area contributed by atoms with Gasteiger partial charge in [-0.1, -0.05) is 0 Å². The normalized spacial score (nSPS) is 11.9. The summed E-state index contributed by atoms with van der Waals surface area (Å²) in [5.41, 5.74) is 4.22. The van der Waals surface area contributed by atoms with E-state index in [2.05, 4.69) is 4.98 Å². The maximum atomic E-state index is 13.0. The van der Waals surface area contributed by atoms with Crippen LogP contribution in [0.15, 0.2) is 18.2 Å². The molecule has 1 aromatic carbocycles. The summed E-state index contributed by atoms with van der Waals surface area (Å²) in [6.07, 6.45) is -4.62. The van der Waals surface area contributed by atoms with Gasteiger partial charge >= 0.3 is 6.18 Å². The molecule has 2 N–H and O–H groups in total. The number of aromatic nitrogens is 1. The van der Waals surface area contributed by atoms with E-state index in [1.807, 2.05) is 0 Å². The third kappa shape index (κ3) is 2.74. The Kier molecular flexibility index (Phi) is 3.55. The fourth-order valence-corrected chi connectivity index (χ4v) is 2.42. The van der Waals surface area contributed by atoms with E-state index in [-0.39, 0.29) is 22.0 Å². The van der Waals surface area contributed by atoms with Crippen LogP contribution in [0.4, 0.5) is 22.0 Å². The van der Waals surface area contributed by atoms with Gasteiger partial charge in [-0.15, -0.1) is 11.3 Å². The van der Waals surface area contributed by atoms with Crippen LogP contribution < -0.4 is 5.73 Å². The van der Waals surface area contributed by atoms with Crippen LogP contribution in [0.2, 0.25) is 0 Å². The van der Waals surface area contributed by atoms with E-state index in [1.165, 1.54) is 0 Å². The van der Waals surface area contributed by atoms with Gasteiger partial charge in [-0.05, 0) is 18.2 Å². The first-order chi connectivity index (χ1) is 8.82. The first-order valence-corrected chi connectivity index (χ1v) is 5.87. The van der Waals surface area contributed by atoms with Crippen molar-refractivity contribution in [1.29, 1.82) is 0 Å². The van der Waals surface area contributed by atoms with Crippen LogP contribution in [0, 0.1) is 11.6 Å². The summed E-state index contributed by atoms with van der Waals surface area (Å²) < 4.78 is 63.8. The van der Waals surface area contributed by atoms with E-state index in [4.69, 9.17) is 5.73 Å². The van der Waals surface area contributed by atoms with Gasteiger partial charge in [0.2, 0.25) is 0 Å². The third-order valence-electron chi connectivity index (χ3n) is 2.32. The lowest BCUT2D eigenvalue weighted by molar-refractivity contribution is -0.141. The highest BCUT2D eigenvalue weighted by atomic mass is 32.1. The number of alkyl halides is 3. The minimum absolute atomic E-state index is 0.0494. The van der Waals surface area contributed by atoms with Crippen molar-refractivity contribution in [3.63, 3.8) is 0 Å². The molecule has 19 heavy (non-hydrogen) atoms. The Balaban J connectivity index is 2.51. The lowest BCUT2D eigenvalue weighted by Crippen LogP contribution is -2.10. The van der Waals surface area contributed by atoms with Crippen LogP contribution in [-0.2, 0) is 12.7 Å². The Morgan fingerprint density at radius 3 is 2.32 bits per heavy atom. The molecule has 8 heteroatoms. The van der Waals surface area contributed by atoms with E-state index in [9.17, 15) is 22.0 Å². The van der Waals surface area contributed by atoms with Gasteiger partial charge in [0.15, 0.2) is 17.3 Å². The Labute approximate surface area is 108 Å². The molecule has 0 bridgehead atoms. The summed E-state index contributed by atoms with van der Waals surface area (Å²) in [7, 11) is 0. The molecule has 0 aliphatic heterocycles. The number of nitrogens with zero attached hydrogens (tertiary/aromatic N) is 1. The highest BCUT2D eigenvalue weighted by Gasteiger charge is 2.37. The maximum absolute atomic E-state index is 13.0. The van der Waals surface area contributed by atoms with Gasteiger partial charge in [-0.25, -0.2) is 13.8 Å². The van der Waals surface area contributed by atoms with Crippen LogP contribution in [0.5, 0.6) is 0 Å². The van der Waals surface area contributed by atoms with E-state index in [0.29, 0.717) is 11.3 Å². The summed E-state index contributed by atoms with van der Waals surface area (Å²) in [6, 6.07) is 2.80. The number of thiazole rings is 1. The molecule has 1 aromatic heterocycles. The quantitative estimate of drug-likeness (QED) is 0.860. The molecule has 0 atom stereocenters. The molecule has 2 rings (SSSR count). The third-order valence-corrected chi connectivity index (χ3v) is 3.44. The average molecular weight is 294 g/mol. The van der Waals surface area contributed by atoms with E-state index >= 15 is 0 Å². The Bertz CT molecular complexity index is 606. The fraction of sp³-hybridized carbons (Fsp3) is 0.182. The van der Waals surface area contributed by atoms with Crippen molar-refractivity contribution in [2.45, 2.75) is 12.7 Å². The molecular formula is C11H7F5N2S. The molecule has 2 aromatic rings. The number of hydrogen-bond acceptors (Lipinski definition) is 3. The predicted octanol–water partition coefficient (Wildman–Crippen LogP) is 3.57. The lowest BCUT2D eigenvalue weighted by atomic mass is 10.2. The molecule has 2 nitrogen and oxygen atoms in total. The number of nitrogens with two attached hydrogens (primary N) is 1. The van der Waals surface area contributed by atoms with Gasteiger partial charge in [-0.3, -0.25) is 0 Å². The summed E-state index contributed by atoms with van der Waals surface area (Å²) in [5, 5.41) is -0.0494. The average Bonchev–Trinajstić information content (AvgIpc) is 2.76. The molecule has 0 saturated heterocycles. The molecule has 0 saturated carbocycles. The molecule has 1 heterocycles. The highest BCUT2D eigenvalue weighted by Crippen LogP contribution is 2.37. The zero-order valence-electron chi connectivity index (χ0n) is 9.26. The van der Waals surface area contributed by atoms with E-state index in [0.717, 1.165) is 18.2 Å². The monoisotopic (exact) mass is 294 g/mol. The minimum Gasteiger partial charge on any atom is -0.326 e. The first kappa shape index (κ1) is 13.9. The van der Waals surface area contributed by atoms with Gasteiger partial charge in [-0.2, -0.15) is 13.2 Å². The van der Waals surface area contributed by atoms with Crippen LogP contribution in [0.3, 0.4) is 0 Å². The van der Waals surface area contributed by atoms with Crippen LogP contribution in [0.1, 0.15) is 10.6 Å². The fourth-order valence-electron chi connectivity index (χ4n) is 1.46. The van der Waals surface area contributed by atoms with Gasteiger partial charge in [0.1, 0.15) is 5.01 Å². The summed E-state index contributed by atoms with van der Waals surface area (Å²) in [5.74, 6) is -2.22. The van der Waals surface area contributed by atoms with Gasteiger partial charge < -0.3 is 5.73 Å². The molecule has 0 fully saturated rings. The van der Waals surface area contributed by atoms with Crippen LogP contribution >= 0.6 is 11.3 Å². The second kappa shape index (κ2) is 4.86. The summed E-state index contributed by atoms with van der Waals surface area (Å²) in [6.45, 7) is -0.323. The topological polar surface area (TPSA) is 38.9 Å². The SMILES string of the molecule is NCc1sc(-c2ccc(F)c(F)c2)nc1C(F)(F)F. The maximum Gasteiger partial charge on any atom is 0.434 e. The molecule has 0 radical (unpaired) electrons. The van der Waals surface area contributed by atoms with Gasteiger partial charge in [0.25, 0.3) is 0 Å². The van der Waals surface area contributed by atoms with Crippen molar-refractivity contribution >= 4 is 11.3 Å². The van der Waals surface area contributed by atoms with Crippen LogP contribution in [0.25, 0.3) is 10.6 Å². The van der Waals surface area contributed by atoms with E-state index in [1.54, 1.807) is 0 Å². The molecule has 102 valence electrons. The smallest absolute Gasteiger partial charge is 0.326 e. The van der Waals surface area contributed by atoms with E-state index < -0.39 is 23.5 Å². The number of rotatable bonds is 2. The van der Waals surface area contributed by atoms with Crippen molar-refractivity contribution < 1.29 is 22.0 Å². The molecule has 0 spiro atoms. The second-order valence-electron chi connectivity index (χ2n) is 3.62. The minimum atomic E-state index is -4.62. The lowest BCUT2D eigenvalue weighted by Gasteiger charge is -2.03. The molecule has 0 aliphatic carbocycles. The zero-order valence-corrected chi connectivity index (χ0v) is 10.1. The van der Waals surface area contributed by atoms with Crippen molar-refractivity contribution in [3.05, 3.63) is 40.4 Å². The number of hydrogen-bond donors (Lipinski definition) is 1. The highest BCUT2D eigenvalue weighted by molar-refractivity contribution is 7.15. The van der Waals surface area contributed by atoms with Gasteiger partial charge in [0, 0.05) is 12.1 Å². The van der Waals surface area contributed by atoms with Crippen molar-refractivity contribution in [3.8, 4) is 10.6 Å². The van der Waals surface area contributed by atoms with Crippen LogP contribution in [-0.4, -0.2) is 4.98 Å². The van der Waals surface area contributed by atoms with Crippen molar-refractivity contribution in [1.82, 2.24) is 4.98 Å².